The number of nitrogens with zero attached hydrogens (tertiary/aromatic N) is 1. The van der Waals surface area contributed by atoms with Crippen LogP contribution in [-0.2, 0) is 30.3 Å². The summed E-state index contributed by atoms with van der Waals surface area (Å²) in [7, 11) is 2.60. The zero-order chi connectivity index (χ0) is 16.8. The van der Waals surface area contributed by atoms with Gasteiger partial charge < -0.3 is 14.5 Å². The number of ether oxygens (including phenoxy) is 2. The van der Waals surface area contributed by atoms with Crippen LogP contribution in [0.4, 0.5) is 0 Å². The average Bonchev–Trinajstić information content (AvgIpc) is 3.18. The van der Waals surface area contributed by atoms with E-state index in [0.29, 0.717) is 6.54 Å². The van der Waals surface area contributed by atoms with Crippen LogP contribution in [0.5, 0.6) is 0 Å². The number of hydrogen-bond acceptors (Lipinski definition) is 6. The minimum absolute atomic E-state index is 0.391. The Labute approximate surface area is 138 Å². The summed E-state index contributed by atoms with van der Waals surface area (Å²) in [5.41, 5.74) is 3.08. The van der Waals surface area contributed by atoms with E-state index in [0.717, 1.165) is 28.6 Å². The van der Waals surface area contributed by atoms with Crippen molar-refractivity contribution in [1.82, 2.24) is 10.0 Å². The lowest BCUT2D eigenvalue weighted by molar-refractivity contribution is -0.190. The van der Waals surface area contributed by atoms with Crippen LogP contribution < -0.4 is 0 Å². The molecule has 1 aromatic heterocycles. The van der Waals surface area contributed by atoms with E-state index >= 15 is 0 Å². The van der Waals surface area contributed by atoms with Crippen molar-refractivity contribution < 1.29 is 23.9 Å². The number of methoxy groups -OCH3 is 2. The third kappa shape index (κ3) is 2.05. The molecule has 0 amide bonds. The number of esters is 2. The van der Waals surface area contributed by atoms with E-state index in [1.165, 1.54) is 14.2 Å². The summed E-state index contributed by atoms with van der Waals surface area (Å²) in [6, 6.07) is 7.61. The molecule has 4 rings (SSSR count). The lowest BCUT2D eigenvalue weighted by Crippen LogP contribution is -2.37. The van der Waals surface area contributed by atoms with Gasteiger partial charge in [-0.2, -0.15) is 5.06 Å². The highest BCUT2D eigenvalue weighted by atomic mass is 16.7. The highest BCUT2D eigenvalue weighted by Gasteiger charge is 2.55. The fraction of sp³-hybridized carbons (Fsp3) is 0.412. The largest absolute Gasteiger partial charge is 0.469 e. The number of para-hydroxylation sites is 1. The van der Waals surface area contributed by atoms with E-state index in [1.54, 1.807) is 5.06 Å². The summed E-state index contributed by atoms with van der Waals surface area (Å²) >= 11 is 0. The van der Waals surface area contributed by atoms with E-state index in [-0.39, 0.29) is 0 Å². The molecule has 126 valence electrons. The van der Waals surface area contributed by atoms with E-state index < -0.39 is 30.0 Å². The molecule has 3 atom stereocenters. The molecular weight excluding hydrogens is 312 g/mol. The zero-order valence-corrected chi connectivity index (χ0v) is 13.4. The minimum Gasteiger partial charge on any atom is -0.469 e. The topological polar surface area (TPSA) is 80.9 Å². The van der Waals surface area contributed by atoms with Gasteiger partial charge in [0.05, 0.1) is 20.3 Å². The van der Waals surface area contributed by atoms with E-state index in [2.05, 4.69) is 11.1 Å². The first kappa shape index (κ1) is 15.2. The molecular formula is C17H18N2O5. The second-order valence-electron chi connectivity index (χ2n) is 6.00. The third-order valence-electron chi connectivity index (χ3n) is 4.86. The van der Waals surface area contributed by atoms with Crippen LogP contribution in [0.3, 0.4) is 0 Å². The quantitative estimate of drug-likeness (QED) is 0.837. The Morgan fingerprint density at radius 1 is 1.21 bits per heavy atom. The fourth-order valence-electron chi connectivity index (χ4n) is 3.80. The molecule has 2 aliphatic heterocycles. The predicted molar refractivity (Wildman–Crippen MR) is 83.8 cm³/mol. The van der Waals surface area contributed by atoms with Gasteiger partial charge in [-0.15, -0.1) is 0 Å². The summed E-state index contributed by atoms with van der Waals surface area (Å²) in [5, 5.41) is 2.83. The number of carbonyl (C=O) groups excluding carboxylic acids is 2. The highest BCUT2D eigenvalue weighted by Crippen LogP contribution is 2.45. The van der Waals surface area contributed by atoms with Crippen molar-refractivity contribution >= 4 is 22.8 Å². The number of hydroxylamine groups is 2. The maximum absolute atomic E-state index is 12.4. The van der Waals surface area contributed by atoms with Gasteiger partial charge in [-0.25, -0.2) is 4.79 Å². The molecule has 24 heavy (non-hydrogen) atoms. The van der Waals surface area contributed by atoms with Crippen molar-refractivity contribution in [2.24, 2.45) is 5.92 Å². The van der Waals surface area contributed by atoms with Crippen LogP contribution in [0.15, 0.2) is 24.3 Å². The van der Waals surface area contributed by atoms with Gasteiger partial charge in [-0.3, -0.25) is 9.63 Å². The number of aromatic nitrogens is 1. The van der Waals surface area contributed by atoms with Gasteiger partial charge in [-0.05, 0) is 18.1 Å². The number of carbonyl (C=O) groups is 2. The molecule has 1 aromatic carbocycles. The number of fused-ring (bicyclic) bond motifs is 5. The zero-order valence-electron chi connectivity index (χ0n) is 13.4. The van der Waals surface area contributed by atoms with Crippen LogP contribution in [0.1, 0.15) is 17.3 Å². The Hall–Kier alpha value is -2.38. The van der Waals surface area contributed by atoms with E-state index in [4.69, 9.17) is 14.3 Å². The summed E-state index contributed by atoms with van der Waals surface area (Å²) in [5.74, 6) is -1.82. The monoisotopic (exact) mass is 330 g/mol. The molecule has 1 N–H and O–H groups in total. The summed E-state index contributed by atoms with van der Waals surface area (Å²) in [6.07, 6.45) is -0.220. The maximum Gasteiger partial charge on any atom is 0.338 e. The van der Waals surface area contributed by atoms with E-state index in [1.807, 2.05) is 18.2 Å². The summed E-state index contributed by atoms with van der Waals surface area (Å²) in [6.45, 7) is 0.598. The van der Waals surface area contributed by atoms with Gasteiger partial charge in [-0.1, -0.05) is 18.2 Å². The van der Waals surface area contributed by atoms with Gasteiger partial charge in [0.15, 0.2) is 6.10 Å². The maximum atomic E-state index is 12.4. The number of H-pyrrole nitrogens is 1. The number of nitrogens with one attached hydrogen (secondary N) is 1. The lowest BCUT2D eigenvalue weighted by atomic mass is 9.87. The van der Waals surface area contributed by atoms with Gasteiger partial charge in [0.25, 0.3) is 0 Å². The number of hydrogen-bond donors (Lipinski definition) is 1. The normalized spacial score (nSPS) is 26.0. The second kappa shape index (κ2) is 5.61. The lowest BCUT2D eigenvalue weighted by Gasteiger charge is -2.29. The summed E-state index contributed by atoms with van der Waals surface area (Å²) < 4.78 is 9.73. The molecule has 0 bridgehead atoms. The molecule has 1 saturated heterocycles. The van der Waals surface area contributed by atoms with Crippen LogP contribution in [0.2, 0.25) is 0 Å². The fourth-order valence-corrected chi connectivity index (χ4v) is 3.80. The Balaban J connectivity index is 1.84. The molecule has 2 aromatic rings. The summed E-state index contributed by atoms with van der Waals surface area (Å²) in [4.78, 5) is 33.6. The number of benzene rings is 1. The van der Waals surface area contributed by atoms with Gasteiger partial charge >= 0.3 is 11.9 Å². The third-order valence-corrected chi connectivity index (χ3v) is 4.86. The van der Waals surface area contributed by atoms with Gasteiger partial charge in [0.2, 0.25) is 0 Å². The first-order chi connectivity index (χ1) is 11.7. The van der Waals surface area contributed by atoms with Crippen molar-refractivity contribution in [2.45, 2.75) is 18.6 Å². The standard InChI is InChI=1S/C17H18N2O5/c1-22-16(20)12-14-13-10(9-5-3-4-6-11(9)18-13)7-8-19(14)24-15(12)17(21)23-2/h3-6,12,14-15,18H,7-8H2,1-2H3/t12-,14-,15-/m1/s1. The molecule has 0 spiro atoms. The van der Waals surface area contributed by atoms with Crippen LogP contribution in [0.25, 0.3) is 10.9 Å². The molecule has 7 nitrogen and oxygen atoms in total. The van der Waals surface area contributed by atoms with Gasteiger partial charge in [0.1, 0.15) is 5.92 Å². The second-order valence-corrected chi connectivity index (χ2v) is 6.00. The van der Waals surface area contributed by atoms with Crippen molar-refractivity contribution in [3.63, 3.8) is 0 Å². The molecule has 0 aliphatic carbocycles. The minimum atomic E-state index is -0.996. The Bertz CT molecular complexity index is 814. The highest BCUT2D eigenvalue weighted by molar-refractivity contribution is 5.88. The van der Waals surface area contributed by atoms with Crippen LogP contribution in [0, 0.1) is 5.92 Å². The smallest absolute Gasteiger partial charge is 0.338 e. The first-order valence-electron chi connectivity index (χ1n) is 7.84. The SMILES string of the molecule is COC(=O)[C@H]1[C@H](C(=O)OC)ON2CCc3c([nH]c4ccccc34)[C@@H]12. The molecule has 0 radical (unpaired) electrons. The molecule has 0 unspecified atom stereocenters. The molecule has 0 saturated carbocycles. The van der Waals surface area contributed by atoms with E-state index in [9.17, 15) is 9.59 Å². The van der Waals surface area contributed by atoms with Crippen molar-refractivity contribution in [1.29, 1.82) is 0 Å². The predicted octanol–water partition coefficient (Wildman–Crippen LogP) is 1.34. The molecule has 1 fully saturated rings. The Kier molecular flexibility index (Phi) is 3.54. The Morgan fingerprint density at radius 2 is 1.96 bits per heavy atom. The van der Waals surface area contributed by atoms with Crippen molar-refractivity contribution in [2.75, 3.05) is 20.8 Å². The molecule has 2 aliphatic rings. The Morgan fingerprint density at radius 3 is 2.71 bits per heavy atom. The number of aromatic amines is 1. The molecule has 7 heteroatoms. The number of rotatable bonds is 2. The molecule has 3 heterocycles. The van der Waals surface area contributed by atoms with Crippen molar-refractivity contribution in [3.8, 4) is 0 Å². The first-order valence-corrected chi connectivity index (χ1v) is 7.84. The average molecular weight is 330 g/mol. The van der Waals surface area contributed by atoms with Crippen LogP contribution >= 0.6 is 0 Å². The van der Waals surface area contributed by atoms with Gasteiger partial charge in [0, 0.05) is 23.1 Å². The van der Waals surface area contributed by atoms with Crippen LogP contribution in [-0.4, -0.2) is 48.9 Å². The van der Waals surface area contributed by atoms with Crippen molar-refractivity contribution in [3.05, 3.63) is 35.5 Å².